The summed E-state index contributed by atoms with van der Waals surface area (Å²) in [5, 5.41) is 0.808. The molecule has 27 heavy (non-hydrogen) atoms. The summed E-state index contributed by atoms with van der Waals surface area (Å²) in [5.41, 5.74) is 2.98. The van der Waals surface area contributed by atoms with E-state index >= 15 is 0 Å². The molecule has 1 atom stereocenters. The molecule has 0 aliphatic heterocycles. The minimum atomic E-state index is -0.782. The molecule has 140 valence electrons. The van der Waals surface area contributed by atoms with Gasteiger partial charge in [-0.2, -0.15) is 0 Å². The molecule has 6 heteroatoms. The lowest BCUT2D eigenvalue weighted by Gasteiger charge is -2.14. The number of hydrogen-bond donors (Lipinski definition) is 1. The van der Waals surface area contributed by atoms with Crippen molar-refractivity contribution in [3.63, 3.8) is 0 Å². The number of carbonyl (C=O) groups is 2. The number of nitrogens with one attached hydrogen (secondary N) is 1. The Labute approximate surface area is 156 Å². The number of Topliss-reactive ketones (excluding diaryl/α,β-unsaturated/α-hetero) is 2. The number of aryl methyl sites for hydroxylation is 2. The first kappa shape index (κ1) is 18.6. The Morgan fingerprint density at radius 3 is 2.48 bits per heavy atom. The zero-order chi connectivity index (χ0) is 19.9. The first-order chi connectivity index (χ1) is 12.7. The minimum absolute atomic E-state index is 0.0891. The standard InChI is InChI=1S/C21H21NO5/c1-10-8-18(24)27-17-9-15(6-7-16(10)17)26-14(5)21(25)20-11(2)19(13(4)23)12(3)22-20/h6-9,14,22H,1-5H3/t14-/m1/s1. The van der Waals surface area contributed by atoms with Gasteiger partial charge in [0, 0.05) is 28.8 Å². The van der Waals surface area contributed by atoms with E-state index in [-0.39, 0.29) is 11.6 Å². The third kappa shape index (κ3) is 3.43. The van der Waals surface area contributed by atoms with E-state index in [1.807, 2.05) is 6.92 Å². The molecule has 3 rings (SSSR count). The van der Waals surface area contributed by atoms with Crippen LogP contribution in [0.1, 0.15) is 51.5 Å². The number of ether oxygens (including phenoxy) is 1. The molecule has 0 unspecified atom stereocenters. The van der Waals surface area contributed by atoms with E-state index in [9.17, 15) is 14.4 Å². The van der Waals surface area contributed by atoms with Crippen molar-refractivity contribution in [2.24, 2.45) is 0 Å². The van der Waals surface area contributed by atoms with Gasteiger partial charge in [0.05, 0.1) is 5.69 Å². The van der Waals surface area contributed by atoms with Gasteiger partial charge >= 0.3 is 5.63 Å². The molecule has 0 aliphatic carbocycles. The molecule has 1 N–H and O–H groups in total. The minimum Gasteiger partial charge on any atom is -0.482 e. The van der Waals surface area contributed by atoms with Gasteiger partial charge in [-0.3, -0.25) is 9.59 Å². The highest BCUT2D eigenvalue weighted by Crippen LogP contribution is 2.25. The zero-order valence-corrected chi connectivity index (χ0v) is 15.9. The van der Waals surface area contributed by atoms with Crippen LogP contribution in [0.3, 0.4) is 0 Å². The van der Waals surface area contributed by atoms with E-state index in [4.69, 9.17) is 9.15 Å². The number of benzene rings is 1. The Balaban J connectivity index is 1.89. The predicted octanol–water partition coefficient (Wildman–Crippen LogP) is 3.90. The van der Waals surface area contributed by atoms with Gasteiger partial charge in [0.1, 0.15) is 11.3 Å². The molecule has 2 aromatic heterocycles. The number of rotatable bonds is 5. The van der Waals surface area contributed by atoms with Crippen LogP contribution in [0.2, 0.25) is 0 Å². The summed E-state index contributed by atoms with van der Waals surface area (Å²) < 4.78 is 11.0. The Kier molecular flexibility index (Phi) is 4.74. The van der Waals surface area contributed by atoms with Crippen molar-refractivity contribution in [2.75, 3.05) is 0 Å². The Morgan fingerprint density at radius 1 is 1.15 bits per heavy atom. The van der Waals surface area contributed by atoms with E-state index in [0.29, 0.717) is 33.8 Å². The molecule has 0 saturated carbocycles. The fraction of sp³-hybridized carbons (Fsp3) is 0.286. The third-order valence-corrected chi connectivity index (χ3v) is 4.64. The predicted molar refractivity (Wildman–Crippen MR) is 102 cm³/mol. The smallest absolute Gasteiger partial charge is 0.336 e. The van der Waals surface area contributed by atoms with Crippen molar-refractivity contribution >= 4 is 22.5 Å². The monoisotopic (exact) mass is 367 g/mol. The highest BCUT2D eigenvalue weighted by molar-refractivity contribution is 6.04. The Morgan fingerprint density at radius 2 is 1.85 bits per heavy atom. The maximum absolute atomic E-state index is 12.8. The van der Waals surface area contributed by atoms with E-state index in [1.165, 1.54) is 13.0 Å². The van der Waals surface area contributed by atoms with E-state index in [2.05, 4.69) is 4.98 Å². The summed E-state index contributed by atoms with van der Waals surface area (Å²) in [5.74, 6) is 0.0764. The Bertz CT molecular complexity index is 1120. The summed E-state index contributed by atoms with van der Waals surface area (Å²) in [7, 11) is 0. The highest BCUT2D eigenvalue weighted by Gasteiger charge is 2.24. The van der Waals surface area contributed by atoms with Gasteiger partial charge in [0.25, 0.3) is 0 Å². The van der Waals surface area contributed by atoms with Gasteiger partial charge in [-0.1, -0.05) is 0 Å². The van der Waals surface area contributed by atoms with Crippen LogP contribution < -0.4 is 10.4 Å². The van der Waals surface area contributed by atoms with Crippen molar-refractivity contribution in [1.29, 1.82) is 0 Å². The average Bonchev–Trinajstić information content (AvgIpc) is 2.88. The summed E-state index contributed by atoms with van der Waals surface area (Å²) in [6.45, 7) is 8.45. The molecular formula is C21H21NO5. The van der Waals surface area contributed by atoms with Crippen LogP contribution in [-0.2, 0) is 0 Å². The summed E-state index contributed by atoms with van der Waals surface area (Å²) >= 11 is 0. The molecule has 1 aromatic carbocycles. The molecule has 6 nitrogen and oxygen atoms in total. The molecule has 0 aliphatic rings. The van der Waals surface area contributed by atoms with Gasteiger partial charge in [-0.15, -0.1) is 0 Å². The number of H-pyrrole nitrogens is 1. The van der Waals surface area contributed by atoms with Gasteiger partial charge < -0.3 is 14.1 Å². The summed E-state index contributed by atoms with van der Waals surface area (Å²) in [4.78, 5) is 39.1. The quantitative estimate of drug-likeness (QED) is 0.546. The summed E-state index contributed by atoms with van der Waals surface area (Å²) in [6.07, 6.45) is -0.782. The lowest BCUT2D eigenvalue weighted by atomic mass is 10.0. The van der Waals surface area contributed by atoms with Gasteiger partial charge in [-0.25, -0.2) is 4.79 Å². The van der Waals surface area contributed by atoms with E-state index in [1.54, 1.807) is 39.0 Å². The number of fused-ring (bicyclic) bond motifs is 1. The van der Waals surface area contributed by atoms with Crippen LogP contribution in [0.4, 0.5) is 0 Å². The first-order valence-electron chi connectivity index (χ1n) is 8.64. The maximum Gasteiger partial charge on any atom is 0.336 e. The van der Waals surface area contributed by atoms with Crippen LogP contribution in [0, 0.1) is 20.8 Å². The number of aromatic nitrogens is 1. The molecule has 0 spiro atoms. The largest absolute Gasteiger partial charge is 0.482 e. The zero-order valence-electron chi connectivity index (χ0n) is 15.9. The number of ketones is 2. The third-order valence-electron chi connectivity index (χ3n) is 4.64. The lowest BCUT2D eigenvalue weighted by Crippen LogP contribution is -2.25. The molecule has 0 bridgehead atoms. The normalized spacial score (nSPS) is 12.2. The van der Waals surface area contributed by atoms with Gasteiger partial charge in [-0.05, 0) is 57.9 Å². The molecule has 0 amide bonds. The van der Waals surface area contributed by atoms with Crippen LogP contribution in [0.5, 0.6) is 5.75 Å². The number of aromatic amines is 1. The Hall–Kier alpha value is -3.15. The fourth-order valence-corrected chi connectivity index (χ4v) is 3.36. The van der Waals surface area contributed by atoms with Crippen molar-refractivity contribution in [2.45, 2.75) is 40.7 Å². The van der Waals surface area contributed by atoms with Crippen molar-refractivity contribution in [3.8, 4) is 5.75 Å². The van der Waals surface area contributed by atoms with E-state index < -0.39 is 11.7 Å². The second kappa shape index (κ2) is 6.87. The SMILES string of the molecule is CC(=O)c1c(C)[nH]c(C(=O)[C@@H](C)Oc2ccc3c(C)cc(=O)oc3c2)c1C. The van der Waals surface area contributed by atoms with Crippen LogP contribution >= 0.6 is 0 Å². The van der Waals surface area contributed by atoms with Gasteiger partial charge in [0.15, 0.2) is 11.9 Å². The fourth-order valence-electron chi connectivity index (χ4n) is 3.36. The molecule has 0 saturated heterocycles. The lowest BCUT2D eigenvalue weighted by molar-refractivity contribution is 0.0812. The van der Waals surface area contributed by atoms with Crippen LogP contribution in [0.25, 0.3) is 11.0 Å². The van der Waals surface area contributed by atoms with Gasteiger partial charge in [0.2, 0.25) is 5.78 Å². The maximum atomic E-state index is 12.8. The average molecular weight is 367 g/mol. The van der Waals surface area contributed by atoms with Crippen molar-refractivity contribution < 1.29 is 18.7 Å². The second-order valence-corrected chi connectivity index (χ2v) is 6.71. The van der Waals surface area contributed by atoms with Crippen molar-refractivity contribution in [1.82, 2.24) is 4.98 Å². The first-order valence-corrected chi connectivity index (χ1v) is 8.64. The second-order valence-electron chi connectivity index (χ2n) is 6.71. The van der Waals surface area contributed by atoms with Crippen LogP contribution in [0.15, 0.2) is 33.5 Å². The topological polar surface area (TPSA) is 89.4 Å². The molecule has 0 fully saturated rings. The molecule has 0 radical (unpaired) electrons. The summed E-state index contributed by atoms with van der Waals surface area (Å²) in [6, 6.07) is 6.55. The number of hydrogen-bond acceptors (Lipinski definition) is 5. The highest BCUT2D eigenvalue weighted by atomic mass is 16.5. The van der Waals surface area contributed by atoms with E-state index in [0.717, 1.165) is 10.9 Å². The number of carbonyl (C=O) groups excluding carboxylic acids is 2. The van der Waals surface area contributed by atoms with Crippen LogP contribution in [-0.4, -0.2) is 22.7 Å². The van der Waals surface area contributed by atoms with Crippen molar-refractivity contribution in [3.05, 3.63) is 62.8 Å². The molecule has 3 aromatic rings. The molecular weight excluding hydrogens is 346 g/mol. The molecule has 2 heterocycles.